The number of allylic oxidation sites excluding steroid dienone is 4. The molecule has 66 heavy (non-hydrogen) atoms. The third-order valence-corrected chi connectivity index (χ3v) is 12.3. The van der Waals surface area contributed by atoms with Crippen LogP contribution >= 0.6 is 0 Å². The minimum Gasteiger partial charge on any atom is -0.378 e. The lowest BCUT2D eigenvalue weighted by molar-refractivity contribution is -0.149. The highest BCUT2D eigenvalue weighted by atomic mass is 16.6. The molecule has 392 valence electrons. The summed E-state index contributed by atoms with van der Waals surface area (Å²) in [4.78, 5) is 16.2. The van der Waals surface area contributed by atoms with Gasteiger partial charge in [-0.3, -0.25) is 4.79 Å². The van der Waals surface area contributed by atoms with Gasteiger partial charge in [0, 0.05) is 32.8 Å². The van der Waals surface area contributed by atoms with Gasteiger partial charge in [-0.2, -0.15) is 0 Å². The molecule has 9 heteroatoms. The molecule has 0 heterocycles. The average Bonchev–Trinajstić information content (AvgIpc) is 3.33. The van der Waals surface area contributed by atoms with E-state index in [4.69, 9.17) is 34.2 Å². The van der Waals surface area contributed by atoms with Crippen LogP contribution in [0.4, 0.5) is 0 Å². The van der Waals surface area contributed by atoms with E-state index in [0.717, 1.165) is 38.6 Å². The molecular formula is C57H112N2O7. The monoisotopic (exact) mass is 937 g/mol. The van der Waals surface area contributed by atoms with Gasteiger partial charge in [0.05, 0.1) is 59.5 Å². The highest BCUT2D eigenvalue weighted by Crippen LogP contribution is 2.14. The zero-order valence-corrected chi connectivity index (χ0v) is 44.2. The minimum atomic E-state index is -0.577. The van der Waals surface area contributed by atoms with Crippen LogP contribution in [0.1, 0.15) is 239 Å². The number of rotatable bonds is 57. The average molecular weight is 938 g/mol. The van der Waals surface area contributed by atoms with Gasteiger partial charge >= 0.3 is 0 Å². The lowest BCUT2D eigenvalue weighted by Crippen LogP contribution is -2.45. The summed E-state index contributed by atoms with van der Waals surface area (Å²) in [5.41, 5.74) is 5.44. The maximum Gasteiger partial charge on any atom is 0.254 e. The molecule has 0 radical (unpaired) electrons. The summed E-state index contributed by atoms with van der Waals surface area (Å²) < 4.78 is 35.1. The van der Waals surface area contributed by atoms with E-state index < -0.39 is 6.10 Å². The van der Waals surface area contributed by atoms with Gasteiger partial charge in [-0.15, -0.1) is 0 Å². The highest BCUT2D eigenvalue weighted by Gasteiger charge is 2.25. The van der Waals surface area contributed by atoms with Gasteiger partial charge in [0.25, 0.3) is 5.91 Å². The van der Waals surface area contributed by atoms with Gasteiger partial charge in [-0.1, -0.05) is 193 Å². The number of nitrogens with two attached hydrogens (primary N) is 1. The molecule has 0 aromatic carbocycles. The van der Waals surface area contributed by atoms with Crippen LogP contribution in [0.3, 0.4) is 0 Å². The van der Waals surface area contributed by atoms with Crippen LogP contribution in [-0.2, 0) is 33.2 Å². The number of carbonyl (C=O) groups is 1. The predicted molar refractivity (Wildman–Crippen MR) is 282 cm³/mol. The van der Waals surface area contributed by atoms with Gasteiger partial charge in [0.2, 0.25) is 0 Å². The van der Waals surface area contributed by atoms with Gasteiger partial charge in [0.15, 0.2) is 6.10 Å². The zero-order chi connectivity index (χ0) is 47.7. The Kier molecular flexibility index (Phi) is 56.8. The van der Waals surface area contributed by atoms with Crippen molar-refractivity contribution >= 4 is 5.91 Å². The fourth-order valence-corrected chi connectivity index (χ4v) is 8.05. The zero-order valence-electron chi connectivity index (χ0n) is 44.2. The molecule has 0 aromatic rings. The standard InChI is InChI=1S/C57H112N2O7/c1-4-7-10-13-16-18-20-22-24-26-28-30-32-34-37-40-45-65-55-56(66-46-41-38-35-33-31-29-27-25-23-21-19-17-14-11-8-5-2)57(60)59(43-39-36-15-12-9-6-3)44-48-62-50-52-64-54-53-63-51-49-61-47-42-58/h22-25,56H,4-21,26-55,58H2,1-3H3/b24-22-,25-23-. The number of nitrogens with zero attached hydrogens (tertiary/aromatic N) is 1. The first-order valence-corrected chi connectivity index (χ1v) is 28.5. The first kappa shape index (κ1) is 64.7. The van der Waals surface area contributed by atoms with E-state index >= 15 is 0 Å². The number of hydrogen-bond acceptors (Lipinski definition) is 8. The van der Waals surface area contributed by atoms with Crippen molar-refractivity contribution in [3.05, 3.63) is 24.3 Å². The summed E-state index contributed by atoms with van der Waals surface area (Å²) in [6.07, 6.45) is 52.0. The summed E-state index contributed by atoms with van der Waals surface area (Å²) in [6, 6.07) is 0. The Morgan fingerprint density at radius 3 is 1.15 bits per heavy atom. The molecule has 1 unspecified atom stereocenters. The van der Waals surface area contributed by atoms with Crippen molar-refractivity contribution in [2.24, 2.45) is 5.73 Å². The van der Waals surface area contributed by atoms with Crippen LogP contribution in [0.5, 0.6) is 0 Å². The molecule has 0 aliphatic heterocycles. The van der Waals surface area contributed by atoms with Crippen molar-refractivity contribution in [2.45, 2.75) is 245 Å². The van der Waals surface area contributed by atoms with E-state index in [0.29, 0.717) is 85.8 Å². The van der Waals surface area contributed by atoms with Crippen LogP contribution < -0.4 is 5.73 Å². The molecule has 1 amide bonds. The minimum absolute atomic E-state index is 0.0431. The van der Waals surface area contributed by atoms with Gasteiger partial charge < -0.3 is 39.1 Å². The Balaban J connectivity index is 4.81. The maximum atomic E-state index is 14.2. The van der Waals surface area contributed by atoms with Gasteiger partial charge in [0.1, 0.15) is 0 Å². The quantitative estimate of drug-likeness (QED) is 0.0475. The first-order chi connectivity index (χ1) is 32.7. The van der Waals surface area contributed by atoms with Crippen molar-refractivity contribution in [3.63, 3.8) is 0 Å². The Bertz CT molecular complexity index is 982. The normalized spacial score (nSPS) is 12.4. The van der Waals surface area contributed by atoms with Crippen LogP contribution in [-0.4, -0.2) is 109 Å². The Morgan fingerprint density at radius 1 is 0.379 bits per heavy atom. The number of hydrogen-bond donors (Lipinski definition) is 1. The van der Waals surface area contributed by atoms with Gasteiger partial charge in [-0.05, 0) is 70.6 Å². The molecule has 0 aromatic heterocycles. The molecule has 0 saturated heterocycles. The molecule has 9 nitrogen and oxygen atoms in total. The smallest absolute Gasteiger partial charge is 0.254 e. The summed E-state index contributed by atoms with van der Waals surface area (Å²) in [5, 5.41) is 0. The maximum absolute atomic E-state index is 14.2. The number of ether oxygens (including phenoxy) is 6. The molecule has 0 fully saturated rings. The lowest BCUT2D eigenvalue weighted by Gasteiger charge is -2.28. The third kappa shape index (κ3) is 50.5. The molecule has 1 atom stereocenters. The van der Waals surface area contributed by atoms with E-state index in [2.05, 4.69) is 45.1 Å². The van der Waals surface area contributed by atoms with Crippen molar-refractivity contribution < 1.29 is 33.2 Å². The van der Waals surface area contributed by atoms with Crippen LogP contribution in [0.15, 0.2) is 24.3 Å². The number of amides is 1. The molecule has 0 saturated carbocycles. The van der Waals surface area contributed by atoms with E-state index in [9.17, 15) is 4.79 Å². The van der Waals surface area contributed by atoms with Gasteiger partial charge in [-0.25, -0.2) is 0 Å². The van der Waals surface area contributed by atoms with E-state index in [1.54, 1.807) is 0 Å². The summed E-state index contributed by atoms with van der Waals surface area (Å²) in [5.74, 6) is 0.0431. The predicted octanol–water partition coefficient (Wildman–Crippen LogP) is 14.7. The molecule has 0 rings (SSSR count). The second-order valence-electron chi connectivity index (χ2n) is 18.6. The molecule has 2 N–H and O–H groups in total. The number of carbonyl (C=O) groups excluding carboxylic acids is 1. The molecule has 0 spiro atoms. The second kappa shape index (κ2) is 58.0. The van der Waals surface area contributed by atoms with Crippen LogP contribution in [0, 0.1) is 0 Å². The lowest BCUT2D eigenvalue weighted by atomic mass is 10.1. The molecule has 0 aliphatic rings. The molecular weight excluding hydrogens is 825 g/mol. The van der Waals surface area contributed by atoms with E-state index in [1.165, 1.54) is 186 Å². The topological polar surface area (TPSA) is 102 Å². The summed E-state index contributed by atoms with van der Waals surface area (Å²) in [7, 11) is 0. The van der Waals surface area contributed by atoms with Crippen LogP contribution in [0.2, 0.25) is 0 Å². The Hall–Kier alpha value is -1.33. The van der Waals surface area contributed by atoms with Crippen molar-refractivity contribution in [2.75, 3.05) is 92.3 Å². The molecule has 0 aliphatic carbocycles. The Labute approximate surface area is 410 Å². The SMILES string of the molecule is CCCCCCCC/C=C\CCCCCCCCOCC(OCCCCCCCC/C=C\CCCCCCCC)C(=O)N(CCCCCCCC)CCOCCOCCOCCOCCN. The van der Waals surface area contributed by atoms with Crippen molar-refractivity contribution in [1.29, 1.82) is 0 Å². The summed E-state index contributed by atoms with van der Waals surface area (Å²) >= 11 is 0. The van der Waals surface area contributed by atoms with Crippen molar-refractivity contribution in [3.8, 4) is 0 Å². The highest BCUT2D eigenvalue weighted by molar-refractivity contribution is 5.81. The first-order valence-electron chi connectivity index (χ1n) is 28.5. The largest absolute Gasteiger partial charge is 0.378 e. The second-order valence-corrected chi connectivity index (χ2v) is 18.6. The fraction of sp³-hybridized carbons (Fsp3) is 0.912. The Morgan fingerprint density at radius 2 is 0.727 bits per heavy atom. The molecule has 0 bridgehead atoms. The van der Waals surface area contributed by atoms with Crippen LogP contribution in [0.25, 0.3) is 0 Å². The summed E-state index contributed by atoms with van der Waals surface area (Å²) in [6.45, 7) is 14.3. The van der Waals surface area contributed by atoms with E-state index in [1.807, 2.05) is 4.90 Å². The third-order valence-electron chi connectivity index (χ3n) is 12.3. The fourth-order valence-electron chi connectivity index (χ4n) is 8.05. The van der Waals surface area contributed by atoms with Crippen molar-refractivity contribution in [1.82, 2.24) is 4.90 Å². The van der Waals surface area contributed by atoms with E-state index in [-0.39, 0.29) is 5.91 Å². The number of unbranched alkanes of at least 4 members (excludes halogenated alkanes) is 29.